The Bertz CT molecular complexity index is 1530. The molecule has 3 atom stereocenters. The van der Waals surface area contributed by atoms with Gasteiger partial charge in [-0.2, -0.15) is 13.2 Å². The highest BCUT2D eigenvalue weighted by Crippen LogP contribution is 2.63. The van der Waals surface area contributed by atoms with Crippen molar-refractivity contribution in [1.82, 2.24) is 15.0 Å². The number of carbonyl (C=O) groups excluding carboxylic acids is 1. The lowest BCUT2D eigenvalue weighted by Crippen LogP contribution is -2.26. The highest BCUT2D eigenvalue weighted by atomic mass is 19.4. The number of benzene rings is 2. The van der Waals surface area contributed by atoms with E-state index in [9.17, 15) is 18.0 Å². The molecule has 3 unspecified atom stereocenters. The molecule has 3 aliphatic rings. The first kappa shape index (κ1) is 20.1. The largest absolute Gasteiger partial charge is 0.489 e. The number of anilines is 1. The van der Waals surface area contributed by atoms with E-state index >= 15 is 0 Å². The van der Waals surface area contributed by atoms with Gasteiger partial charge in [0.1, 0.15) is 23.4 Å². The predicted molar refractivity (Wildman–Crippen MR) is 116 cm³/mol. The zero-order chi connectivity index (χ0) is 23.9. The SMILES string of the molecule is O=C1COc2c(Oc3ccc4c(c3)C3C(O4)C3c3nc4ccc(C(F)(F)F)cc4[nH]3)ccnc2N1. The lowest BCUT2D eigenvalue weighted by atomic mass is 10.1. The molecule has 0 radical (unpaired) electrons. The van der Waals surface area contributed by atoms with Crippen molar-refractivity contribution in [1.29, 1.82) is 0 Å². The molecule has 2 aromatic heterocycles. The third-order valence-electron chi connectivity index (χ3n) is 6.40. The van der Waals surface area contributed by atoms with Gasteiger partial charge in [0, 0.05) is 23.7 Å². The average Bonchev–Trinajstić information content (AvgIpc) is 3.18. The number of halogens is 3. The normalized spacial score (nSPS) is 21.9. The van der Waals surface area contributed by atoms with Crippen LogP contribution in [-0.4, -0.2) is 33.6 Å². The summed E-state index contributed by atoms with van der Waals surface area (Å²) in [6.45, 7) is -0.125. The highest BCUT2D eigenvalue weighted by molar-refractivity contribution is 5.94. The molecule has 1 amide bonds. The van der Waals surface area contributed by atoms with Crippen LogP contribution < -0.4 is 19.5 Å². The Kier molecular flexibility index (Phi) is 3.95. The molecule has 4 aromatic rings. The van der Waals surface area contributed by atoms with Crippen LogP contribution in [-0.2, 0) is 11.0 Å². The number of H-pyrrole nitrogens is 1. The third-order valence-corrected chi connectivity index (χ3v) is 6.40. The third kappa shape index (κ3) is 3.18. The monoisotopic (exact) mass is 480 g/mol. The molecule has 7 rings (SSSR count). The van der Waals surface area contributed by atoms with E-state index in [0.717, 1.165) is 23.4 Å². The highest BCUT2D eigenvalue weighted by Gasteiger charge is 2.61. The predicted octanol–water partition coefficient (Wildman–Crippen LogP) is 4.74. The second-order valence-electron chi connectivity index (χ2n) is 8.61. The van der Waals surface area contributed by atoms with E-state index in [4.69, 9.17) is 14.2 Å². The number of amides is 1. The average molecular weight is 480 g/mol. The topological polar surface area (TPSA) is 98.4 Å². The van der Waals surface area contributed by atoms with Crippen molar-refractivity contribution in [3.63, 3.8) is 0 Å². The van der Waals surface area contributed by atoms with Crippen molar-refractivity contribution in [2.45, 2.75) is 24.1 Å². The minimum Gasteiger partial charge on any atom is -0.489 e. The summed E-state index contributed by atoms with van der Waals surface area (Å²) in [5.74, 6) is 2.57. The van der Waals surface area contributed by atoms with Crippen LogP contribution >= 0.6 is 0 Å². The summed E-state index contributed by atoms with van der Waals surface area (Å²) < 4.78 is 56.7. The van der Waals surface area contributed by atoms with E-state index in [1.54, 1.807) is 12.1 Å². The molecule has 0 spiro atoms. The van der Waals surface area contributed by atoms with E-state index in [1.165, 1.54) is 12.3 Å². The lowest BCUT2D eigenvalue weighted by Gasteiger charge is -2.19. The van der Waals surface area contributed by atoms with Crippen molar-refractivity contribution in [3.05, 3.63) is 65.6 Å². The van der Waals surface area contributed by atoms with Gasteiger partial charge in [-0.15, -0.1) is 0 Å². The van der Waals surface area contributed by atoms with Crippen LogP contribution in [0.4, 0.5) is 19.0 Å². The van der Waals surface area contributed by atoms with Gasteiger partial charge in [-0.3, -0.25) is 4.79 Å². The fourth-order valence-electron chi connectivity index (χ4n) is 4.77. The number of pyridine rings is 1. The number of hydrogen-bond acceptors (Lipinski definition) is 6. The molecule has 4 heterocycles. The molecule has 35 heavy (non-hydrogen) atoms. The molecule has 1 aliphatic carbocycles. The van der Waals surface area contributed by atoms with Gasteiger partial charge in [-0.1, -0.05) is 0 Å². The maximum absolute atomic E-state index is 13.1. The van der Waals surface area contributed by atoms with E-state index in [2.05, 4.69) is 20.3 Å². The smallest absolute Gasteiger partial charge is 0.416 e. The van der Waals surface area contributed by atoms with Crippen LogP contribution in [0.1, 0.15) is 28.8 Å². The lowest BCUT2D eigenvalue weighted by molar-refractivity contribution is -0.137. The number of carbonyl (C=O) groups is 1. The van der Waals surface area contributed by atoms with Gasteiger partial charge in [-0.05, 0) is 36.4 Å². The number of rotatable bonds is 3. The Morgan fingerprint density at radius 2 is 1.97 bits per heavy atom. The Labute approximate surface area is 195 Å². The zero-order valence-electron chi connectivity index (χ0n) is 17.7. The maximum Gasteiger partial charge on any atom is 0.416 e. The summed E-state index contributed by atoms with van der Waals surface area (Å²) in [4.78, 5) is 23.2. The molecule has 1 saturated carbocycles. The van der Waals surface area contributed by atoms with Crippen molar-refractivity contribution < 1.29 is 32.2 Å². The molecule has 11 heteroatoms. The maximum atomic E-state index is 13.1. The fraction of sp³-hybridized carbons (Fsp3) is 0.208. The summed E-state index contributed by atoms with van der Waals surface area (Å²) in [7, 11) is 0. The fourth-order valence-corrected chi connectivity index (χ4v) is 4.77. The van der Waals surface area contributed by atoms with Gasteiger partial charge in [0.25, 0.3) is 5.91 Å². The summed E-state index contributed by atoms with van der Waals surface area (Å²) in [5.41, 5.74) is 1.03. The van der Waals surface area contributed by atoms with E-state index in [0.29, 0.717) is 39.9 Å². The molecule has 0 saturated heterocycles. The summed E-state index contributed by atoms with van der Waals surface area (Å²) in [6.07, 6.45) is -3.05. The standard InChI is InChI=1S/C24H15F3N4O4/c25-24(26,27)10-1-3-13-14(7-10)30-22(29-13)19-18-12-8-11(2-4-15(12)35-21(18)19)34-16-5-6-28-23-20(16)33-9-17(32)31-23/h1-8,18-19,21H,9H2,(H,29,30)(H,28,31,32). The number of nitrogens with one attached hydrogen (secondary N) is 2. The van der Waals surface area contributed by atoms with Crippen LogP contribution in [0.3, 0.4) is 0 Å². The van der Waals surface area contributed by atoms with Gasteiger partial charge in [0.2, 0.25) is 5.75 Å². The van der Waals surface area contributed by atoms with Crippen LogP contribution in [0.5, 0.6) is 23.0 Å². The van der Waals surface area contributed by atoms with Crippen LogP contribution in [0.15, 0.2) is 48.7 Å². The van der Waals surface area contributed by atoms with Gasteiger partial charge < -0.3 is 24.5 Å². The first-order valence-corrected chi connectivity index (χ1v) is 10.8. The molecule has 2 aromatic carbocycles. The van der Waals surface area contributed by atoms with Crippen LogP contribution in [0.2, 0.25) is 0 Å². The summed E-state index contributed by atoms with van der Waals surface area (Å²) in [5, 5.41) is 2.64. The molecular formula is C24H15F3N4O4. The first-order chi connectivity index (χ1) is 16.8. The molecular weight excluding hydrogens is 465 g/mol. The summed E-state index contributed by atoms with van der Waals surface area (Å²) >= 11 is 0. The second-order valence-corrected chi connectivity index (χ2v) is 8.61. The van der Waals surface area contributed by atoms with Gasteiger partial charge in [0.15, 0.2) is 18.2 Å². The Hall–Kier alpha value is -4.28. The molecule has 2 aliphatic heterocycles. The van der Waals surface area contributed by atoms with Crippen molar-refractivity contribution in [2.75, 3.05) is 11.9 Å². The minimum atomic E-state index is -4.42. The number of hydrogen-bond donors (Lipinski definition) is 2. The molecule has 1 fully saturated rings. The first-order valence-electron chi connectivity index (χ1n) is 10.8. The molecule has 8 nitrogen and oxygen atoms in total. The van der Waals surface area contributed by atoms with E-state index in [-0.39, 0.29) is 30.5 Å². The number of ether oxygens (including phenoxy) is 3. The van der Waals surface area contributed by atoms with Gasteiger partial charge in [0.05, 0.1) is 22.5 Å². The molecule has 2 N–H and O–H groups in total. The Morgan fingerprint density at radius 1 is 1.09 bits per heavy atom. The number of fused-ring (bicyclic) bond motifs is 5. The van der Waals surface area contributed by atoms with Crippen molar-refractivity contribution in [2.24, 2.45) is 0 Å². The van der Waals surface area contributed by atoms with Crippen molar-refractivity contribution in [3.8, 4) is 23.0 Å². The number of aromatic amines is 1. The molecule has 176 valence electrons. The Balaban J connectivity index is 1.16. The zero-order valence-corrected chi connectivity index (χ0v) is 17.7. The number of nitrogens with zero attached hydrogens (tertiary/aromatic N) is 2. The minimum absolute atomic E-state index is 0.0121. The van der Waals surface area contributed by atoms with Crippen molar-refractivity contribution >= 4 is 22.8 Å². The summed E-state index contributed by atoms with van der Waals surface area (Å²) in [6, 6.07) is 10.6. The number of imidazole rings is 1. The molecule has 0 bridgehead atoms. The van der Waals surface area contributed by atoms with Gasteiger partial charge in [-0.25, -0.2) is 9.97 Å². The van der Waals surface area contributed by atoms with E-state index < -0.39 is 11.7 Å². The Morgan fingerprint density at radius 3 is 2.83 bits per heavy atom. The number of aromatic nitrogens is 3. The number of alkyl halides is 3. The quantitative estimate of drug-likeness (QED) is 0.440. The van der Waals surface area contributed by atoms with E-state index in [1.807, 2.05) is 12.1 Å². The van der Waals surface area contributed by atoms with Gasteiger partial charge >= 0.3 is 6.18 Å². The van der Waals surface area contributed by atoms with Crippen LogP contribution in [0, 0.1) is 0 Å². The van der Waals surface area contributed by atoms with Crippen LogP contribution in [0.25, 0.3) is 11.0 Å². The second kappa shape index (κ2) is 6.87.